The average Bonchev–Trinajstić information content (AvgIpc) is 3.21. The van der Waals surface area contributed by atoms with Crippen LogP contribution >= 0.6 is 0 Å². The number of nitrogens with zero attached hydrogens (tertiary/aromatic N) is 3. The molecule has 1 aliphatic carbocycles. The number of aryl methyl sites for hydroxylation is 1. The van der Waals surface area contributed by atoms with Gasteiger partial charge >= 0.3 is 0 Å². The summed E-state index contributed by atoms with van der Waals surface area (Å²) in [4.78, 5) is 12.2. The Morgan fingerprint density at radius 3 is 2.96 bits per heavy atom. The summed E-state index contributed by atoms with van der Waals surface area (Å²) in [5.74, 6) is 2.74. The minimum absolute atomic E-state index is 0.585. The average molecular weight is 359 g/mol. The van der Waals surface area contributed by atoms with E-state index in [1.54, 1.807) is 6.20 Å². The van der Waals surface area contributed by atoms with Gasteiger partial charge in [-0.15, -0.1) is 0 Å². The van der Waals surface area contributed by atoms with Crippen molar-refractivity contribution in [3.05, 3.63) is 59.5 Å². The maximum atomic E-state index is 4.54. The van der Waals surface area contributed by atoms with E-state index in [0.717, 1.165) is 11.6 Å². The number of benzene rings is 1. The second-order valence-electron chi connectivity index (χ2n) is 7.03. The van der Waals surface area contributed by atoms with E-state index < -0.39 is 0 Å². The van der Waals surface area contributed by atoms with Crippen molar-refractivity contribution in [2.24, 2.45) is 0 Å². The molecule has 1 saturated carbocycles. The minimum atomic E-state index is 0.585. The zero-order valence-electron chi connectivity index (χ0n) is 15.1. The molecule has 1 fully saturated rings. The number of nitrogens with one attached hydrogen (secondary N) is 4. The van der Waals surface area contributed by atoms with Gasteiger partial charge in [0, 0.05) is 47.5 Å². The molecular weight excluding hydrogens is 338 g/mol. The van der Waals surface area contributed by atoms with Gasteiger partial charge in [-0.3, -0.25) is 5.10 Å². The highest BCUT2D eigenvalue weighted by atomic mass is 15.2. The molecule has 0 aliphatic heterocycles. The highest BCUT2D eigenvalue weighted by Crippen LogP contribution is 2.39. The fraction of sp³-hybridized carbons (Fsp3) is 0.250. The molecule has 0 spiro atoms. The second kappa shape index (κ2) is 6.42. The van der Waals surface area contributed by atoms with Crippen LogP contribution in [0.5, 0.6) is 0 Å². The zero-order chi connectivity index (χ0) is 18.2. The number of hydrogen-bond acceptors (Lipinski definition) is 5. The Labute approximate surface area is 156 Å². The lowest BCUT2D eigenvalue weighted by molar-refractivity contribution is 0.966. The molecule has 3 heterocycles. The monoisotopic (exact) mass is 359 g/mol. The number of fused-ring (bicyclic) bond motifs is 1. The van der Waals surface area contributed by atoms with Crippen LogP contribution in [0.4, 0.5) is 17.6 Å². The van der Waals surface area contributed by atoms with Gasteiger partial charge in [-0.05, 0) is 43.0 Å². The largest absolute Gasteiger partial charge is 0.361 e. The minimum Gasteiger partial charge on any atom is -0.361 e. The quantitative estimate of drug-likeness (QED) is 0.413. The molecule has 136 valence electrons. The molecule has 1 aliphatic rings. The van der Waals surface area contributed by atoms with Crippen LogP contribution in [0.15, 0.2) is 42.7 Å². The van der Waals surface area contributed by atoms with Crippen LogP contribution in [-0.2, 0) is 6.54 Å². The van der Waals surface area contributed by atoms with Crippen LogP contribution < -0.4 is 10.6 Å². The molecule has 7 heteroatoms. The maximum absolute atomic E-state index is 4.54. The molecule has 4 N–H and O–H groups in total. The summed E-state index contributed by atoms with van der Waals surface area (Å²) in [5, 5.41) is 15.2. The Morgan fingerprint density at radius 1 is 1.15 bits per heavy atom. The van der Waals surface area contributed by atoms with Crippen molar-refractivity contribution in [3.63, 3.8) is 0 Å². The fourth-order valence-electron chi connectivity index (χ4n) is 3.34. The summed E-state index contributed by atoms with van der Waals surface area (Å²) >= 11 is 0. The molecule has 5 rings (SSSR count). The van der Waals surface area contributed by atoms with Gasteiger partial charge in [-0.25, -0.2) is 4.98 Å². The Balaban J connectivity index is 1.29. The lowest BCUT2D eigenvalue weighted by Gasteiger charge is -2.09. The van der Waals surface area contributed by atoms with Crippen molar-refractivity contribution in [1.29, 1.82) is 0 Å². The van der Waals surface area contributed by atoms with E-state index >= 15 is 0 Å². The number of aromatic amines is 2. The van der Waals surface area contributed by atoms with Crippen molar-refractivity contribution in [1.82, 2.24) is 25.1 Å². The van der Waals surface area contributed by atoms with Gasteiger partial charge in [0.1, 0.15) is 5.82 Å². The fourth-order valence-corrected chi connectivity index (χ4v) is 3.34. The lowest BCUT2D eigenvalue weighted by Crippen LogP contribution is -2.05. The number of H-pyrrole nitrogens is 2. The molecule has 27 heavy (non-hydrogen) atoms. The van der Waals surface area contributed by atoms with Gasteiger partial charge in [0.25, 0.3) is 0 Å². The van der Waals surface area contributed by atoms with E-state index in [1.807, 2.05) is 12.3 Å². The van der Waals surface area contributed by atoms with Crippen LogP contribution in [0.3, 0.4) is 0 Å². The second-order valence-corrected chi connectivity index (χ2v) is 7.03. The number of anilines is 3. The molecule has 1 aromatic carbocycles. The van der Waals surface area contributed by atoms with Gasteiger partial charge in [-0.1, -0.05) is 12.1 Å². The summed E-state index contributed by atoms with van der Waals surface area (Å²) in [7, 11) is 0. The van der Waals surface area contributed by atoms with E-state index in [9.17, 15) is 0 Å². The maximum Gasteiger partial charge on any atom is 0.224 e. The Morgan fingerprint density at radius 2 is 2.07 bits per heavy atom. The zero-order valence-corrected chi connectivity index (χ0v) is 15.1. The first kappa shape index (κ1) is 15.9. The summed E-state index contributed by atoms with van der Waals surface area (Å²) in [6.45, 7) is 2.77. The predicted octanol–water partition coefficient (Wildman–Crippen LogP) is 4.22. The molecule has 0 radical (unpaired) electrons. The summed E-state index contributed by atoms with van der Waals surface area (Å²) in [6, 6.07) is 10.3. The van der Waals surface area contributed by atoms with Crippen molar-refractivity contribution in [2.75, 3.05) is 10.6 Å². The summed E-state index contributed by atoms with van der Waals surface area (Å²) < 4.78 is 0. The Hall–Kier alpha value is -3.35. The van der Waals surface area contributed by atoms with Crippen LogP contribution in [0.25, 0.3) is 10.9 Å². The van der Waals surface area contributed by atoms with Gasteiger partial charge in [0.15, 0.2) is 5.82 Å². The molecule has 0 unspecified atom stereocenters. The van der Waals surface area contributed by atoms with Gasteiger partial charge in [-0.2, -0.15) is 10.1 Å². The van der Waals surface area contributed by atoms with Gasteiger partial charge in [0.05, 0.1) is 0 Å². The standard InChI is InChI=1S/C20H21N7/c1-12-2-3-14(15-6-8-21-19(12)15)11-23-20-22-9-7-17(25-20)24-18-10-16(26-27-18)13-4-5-13/h2-3,6-10,13,21H,4-5,11H2,1H3,(H3,22,23,24,25,26,27). The molecular formula is C20H21N7. The van der Waals surface area contributed by atoms with E-state index in [-0.39, 0.29) is 0 Å². The van der Waals surface area contributed by atoms with Gasteiger partial charge in [0.2, 0.25) is 5.95 Å². The van der Waals surface area contributed by atoms with Crippen LogP contribution in [0.2, 0.25) is 0 Å². The molecule has 0 saturated heterocycles. The summed E-state index contributed by atoms with van der Waals surface area (Å²) in [5.41, 5.74) is 4.82. The van der Waals surface area contributed by atoms with Crippen molar-refractivity contribution < 1.29 is 0 Å². The highest BCUT2D eigenvalue weighted by molar-refractivity contribution is 5.85. The number of rotatable bonds is 6. The molecule has 7 nitrogen and oxygen atoms in total. The predicted molar refractivity (Wildman–Crippen MR) is 106 cm³/mol. The Kier molecular flexibility index (Phi) is 3.78. The van der Waals surface area contributed by atoms with Crippen LogP contribution in [0, 0.1) is 6.92 Å². The molecule has 0 amide bonds. The van der Waals surface area contributed by atoms with E-state index in [1.165, 1.54) is 40.6 Å². The van der Waals surface area contributed by atoms with Crippen molar-refractivity contribution >= 4 is 28.5 Å². The third kappa shape index (κ3) is 3.23. The normalized spacial score (nSPS) is 13.8. The van der Waals surface area contributed by atoms with E-state index in [4.69, 9.17) is 0 Å². The third-order valence-corrected chi connectivity index (χ3v) is 4.99. The SMILES string of the molecule is Cc1ccc(CNc2nccc(Nc3cc(C4CC4)[nH]n3)n2)c2cc[nH]c12. The highest BCUT2D eigenvalue weighted by Gasteiger charge is 2.25. The smallest absolute Gasteiger partial charge is 0.224 e. The summed E-state index contributed by atoms with van der Waals surface area (Å²) in [6.07, 6.45) is 6.21. The van der Waals surface area contributed by atoms with E-state index in [0.29, 0.717) is 18.4 Å². The van der Waals surface area contributed by atoms with Crippen LogP contribution in [-0.4, -0.2) is 25.1 Å². The lowest BCUT2D eigenvalue weighted by atomic mass is 10.1. The Bertz CT molecular complexity index is 1090. The third-order valence-electron chi connectivity index (χ3n) is 4.99. The molecule has 4 aromatic rings. The topological polar surface area (TPSA) is 94.3 Å². The van der Waals surface area contributed by atoms with Crippen molar-refractivity contribution in [2.45, 2.75) is 32.2 Å². The van der Waals surface area contributed by atoms with Crippen molar-refractivity contribution in [3.8, 4) is 0 Å². The van der Waals surface area contributed by atoms with Crippen LogP contribution in [0.1, 0.15) is 35.6 Å². The molecule has 3 aromatic heterocycles. The number of aromatic nitrogens is 5. The van der Waals surface area contributed by atoms with E-state index in [2.05, 4.69) is 67.0 Å². The first-order valence-electron chi connectivity index (χ1n) is 9.21. The molecule has 0 atom stereocenters. The first-order valence-corrected chi connectivity index (χ1v) is 9.21. The first-order chi connectivity index (χ1) is 13.3. The van der Waals surface area contributed by atoms with Gasteiger partial charge < -0.3 is 15.6 Å². The number of hydrogen-bond donors (Lipinski definition) is 4. The molecule has 0 bridgehead atoms.